The van der Waals surface area contributed by atoms with Crippen LogP contribution >= 0.6 is 11.3 Å². The molecule has 28 heavy (non-hydrogen) atoms. The zero-order valence-corrected chi connectivity index (χ0v) is 17.0. The second-order valence-electron chi connectivity index (χ2n) is 7.03. The summed E-state index contributed by atoms with van der Waals surface area (Å²) >= 11 is 1.57. The molecular weight excluding hydrogens is 368 g/mol. The predicted molar refractivity (Wildman–Crippen MR) is 113 cm³/mol. The summed E-state index contributed by atoms with van der Waals surface area (Å²) in [4.78, 5) is 17.9. The summed E-state index contributed by atoms with van der Waals surface area (Å²) in [5.41, 5.74) is 6.26. The fourth-order valence-corrected chi connectivity index (χ4v) is 3.95. The van der Waals surface area contributed by atoms with Gasteiger partial charge < -0.3 is 5.32 Å². The van der Waals surface area contributed by atoms with Gasteiger partial charge in [0.25, 0.3) is 5.91 Å². The molecule has 0 atom stereocenters. The summed E-state index contributed by atoms with van der Waals surface area (Å²) in [7, 11) is 0. The van der Waals surface area contributed by atoms with Gasteiger partial charge in [-0.1, -0.05) is 29.8 Å². The molecule has 1 amide bonds. The highest BCUT2D eigenvalue weighted by Crippen LogP contribution is 2.21. The molecule has 0 saturated heterocycles. The van der Waals surface area contributed by atoms with E-state index < -0.39 is 0 Å². The molecule has 0 aliphatic heterocycles. The maximum Gasteiger partial charge on any atom is 0.251 e. The second kappa shape index (κ2) is 7.56. The van der Waals surface area contributed by atoms with E-state index in [1.54, 1.807) is 11.3 Å². The van der Waals surface area contributed by atoms with Gasteiger partial charge in [0.15, 0.2) is 5.82 Å². The number of carbonyl (C=O) groups excluding carboxylic acids is 1. The number of carbonyl (C=O) groups is 1. The van der Waals surface area contributed by atoms with Gasteiger partial charge in [-0.3, -0.25) is 4.79 Å². The van der Waals surface area contributed by atoms with Gasteiger partial charge in [0.05, 0.1) is 5.69 Å². The highest BCUT2D eigenvalue weighted by Gasteiger charge is 2.12. The Labute approximate surface area is 168 Å². The number of aryl methyl sites for hydroxylation is 3. The van der Waals surface area contributed by atoms with Gasteiger partial charge in [0.1, 0.15) is 0 Å². The number of benzene rings is 2. The third kappa shape index (κ3) is 3.68. The number of hydrogen-bond acceptors (Lipinski definition) is 4. The molecular formula is C22H22N4OS. The van der Waals surface area contributed by atoms with Crippen molar-refractivity contribution in [2.24, 2.45) is 0 Å². The molecule has 5 nitrogen and oxygen atoms in total. The number of nitrogens with one attached hydrogen (secondary N) is 1. The third-order valence-electron chi connectivity index (χ3n) is 4.86. The number of amides is 1. The molecule has 4 rings (SSSR count). The lowest BCUT2D eigenvalue weighted by Crippen LogP contribution is -2.26. The minimum Gasteiger partial charge on any atom is -0.352 e. The number of fused-ring (bicyclic) bond motifs is 1. The van der Waals surface area contributed by atoms with Crippen LogP contribution in [0.1, 0.15) is 32.7 Å². The lowest BCUT2D eigenvalue weighted by Gasteiger charge is -2.07. The van der Waals surface area contributed by atoms with E-state index in [0.29, 0.717) is 18.5 Å². The summed E-state index contributed by atoms with van der Waals surface area (Å²) in [5.74, 6) is 0.685. The first-order valence-corrected chi connectivity index (χ1v) is 10.1. The topological polar surface area (TPSA) is 59.3 Å². The zero-order valence-electron chi connectivity index (χ0n) is 16.2. The summed E-state index contributed by atoms with van der Waals surface area (Å²) in [6, 6.07) is 14.0. The van der Waals surface area contributed by atoms with Crippen molar-refractivity contribution in [3.8, 4) is 11.4 Å². The van der Waals surface area contributed by atoms with E-state index in [-0.39, 0.29) is 5.91 Å². The molecule has 0 fully saturated rings. The standard InChI is InChI=1S/C22H22N4OS/c1-14-5-4-6-17(11-14)20-24-22-26(25-20)19(13-28-22)9-10-23-21(27)18-8-7-15(2)16(3)12-18/h4-8,11-13H,9-10H2,1-3H3,(H,23,27). The van der Waals surface area contributed by atoms with E-state index in [4.69, 9.17) is 0 Å². The predicted octanol–water partition coefficient (Wildman–Crippen LogP) is 4.36. The van der Waals surface area contributed by atoms with Gasteiger partial charge in [-0.15, -0.1) is 16.4 Å². The Bertz CT molecular complexity index is 1160. The molecule has 0 aliphatic carbocycles. The van der Waals surface area contributed by atoms with Crippen molar-refractivity contribution < 1.29 is 4.79 Å². The van der Waals surface area contributed by atoms with Crippen LogP contribution < -0.4 is 5.32 Å². The second-order valence-corrected chi connectivity index (χ2v) is 7.87. The molecule has 2 aromatic carbocycles. The third-order valence-corrected chi connectivity index (χ3v) is 5.73. The van der Waals surface area contributed by atoms with Gasteiger partial charge in [0, 0.05) is 29.5 Å². The van der Waals surface area contributed by atoms with Crippen LogP contribution in [0.5, 0.6) is 0 Å². The molecule has 4 aromatic rings. The van der Waals surface area contributed by atoms with E-state index in [1.807, 2.05) is 48.7 Å². The van der Waals surface area contributed by atoms with Crippen LogP contribution in [0.15, 0.2) is 47.8 Å². The average molecular weight is 391 g/mol. The smallest absolute Gasteiger partial charge is 0.251 e. The monoisotopic (exact) mass is 390 g/mol. The normalized spacial score (nSPS) is 11.1. The van der Waals surface area contributed by atoms with E-state index in [1.165, 1.54) is 11.1 Å². The number of thiazole rings is 1. The van der Waals surface area contributed by atoms with Gasteiger partial charge in [-0.2, -0.15) is 4.98 Å². The van der Waals surface area contributed by atoms with Crippen molar-refractivity contribution in [3.63, 3.8) is 0 Å². The van der Waals surface area contributed by atoms with Crippen molar-refractivity contribution in [2.75, 3.05) is 6.54 Å². The van der Waals surface area contributed by atoms with E-state index in [9.17, 15) is 4.79 Å². The summed E-state index contributed by atoms with van der Waals surface area (Å²) in [6.45, 7) is 6.68. The number of rotatable bonds is 5. The lowest BCUT2D eigenvalue weighted by atomic mass is 10.1. The maximum atomic E-state index is 12.4. The molecule has 142 valence electrons. The average Bonchev–Trinajstić information content (AvgIpc) is 3.25. The van der Waals surface area contributed by atoms with Crippen LogP contribution in [0.4, 0.5) is 0 Å². The number of aromatic nitrogens is 3. The van der Waals surface area contributed by atoms with Gasteiger partial charge in [-0.25, -0.2) is 4.52 Å². The Kier molecular flexibility index (Phi) is 4.96. The molecule has 0 bridgehead atoms. The Hall–Kier alpha value is -2.99. The van der Waals surface area contributed by atoms with Crippen LogP contribution in [0.3, 0.4) is 0 Å². The van der Waals surface area contributed by atoms with Gasteiger partial charge >= 0.3 is 0 Å². The number of hydrogen-bond donors (Lipinski definition) is 1. The minimum absolute atomic E-state index is 0.0476. The van der Waals surface area contributed by atoms with Crippen LogP contribution in [0.2, 0.25) is 0 Å². The largest absolute Gasteiger partial charge is 0.352 e. The minimum atomic E-state index is -0.0476. The van der Waals surface area contributed by atoms with Gasteiger partial charge in [-0.05, 0) is 50.1 Å². The molecule has 0 saturated carbocycles. The van der Waals surface area contributed by atoms with Crippen molar-refractivity contribution >= 4 is 22.2 Å². The lowest BCUT2D eigenvalue weighted by molar-refractivity contribution is 0.0954. The quantitative estimate of drug-likeness (QED) is 0.551. The first-order valence-electron chi connectivity index (χ1n) is 9.27. The fraction of sp³-hybridized carbons (Fsp3) is 0.227. The van der Waals surface area contributed by atoms with E-state index >= 15 is 0 Å². The maximum absolute atomic E-state index is 12.4. The van der Waals surface area contributed by atoms with Crippen LogP contribution in [0, 0.1) is 20.8 Å². The fourth-order valence-electron chi connectivity index (χ4n) is 3.09. The van der Waals surface area contributed by atoms with Crippen molar-refractivity contribution in [3.05, 3.63) is 75.8 Å². The Balaban J connectivity index is 1.45. The van der Waals surface area contributed by atoms with Crippen LogP contribution in [-0.2, 0) is 6.42 Å². The highest BCUT2D eigenvalue weighted by atomic mass is 32.1. The van der Waals surface area contributed by atoms with Crippen molar-refractivity contribution in [1.82, 2.24) is 19.9 Å². The molecule has 6 heteroatoms. The highest BCUT2D eigenvalue weighted by molar-refractivity contribution is 7.15. The zero-order chi connectivity index (χ0) is 19.7. The molecule has 0 aliphatic rings. The first kappa shape index (κ1) is 18.4. The van der Waals surface area contributed by atoms with E-state index in [0.717, 1.165) is 27.6 Å². The first-order chi connectivity index (χ1) is 13.5. The van der Waals surface area contributed by atoms with Crippen molar-refractivity contribution in [2.45, 2.75) is 27.2 Å². The Morgan fingerprint density at radius 3 is 2.75 bits per heavy atom. The Morgan fingerprint density at radius 2 is 1.96 bits per heavy atom. The molecule has 0 unspecified atom stereocenters. The van der Waals surface area contributed by atoms with Crippen molar-refractivity contribution in [1.29, 1.82) is 0 Å². The molecule has 2 aromatic heterocycles. The summed E-state index contributed by atoms with van der Waals surface area (Å²) in [5, 5.41) is 9.72. The van der Waals surface area contributed by atoms with Gasteiger partial charge in [0.2, 0.25) is 4.96 Å². The Morgan fingerprint density at radius 1 is 1.11 bits per heavy atom. The molecule has 2 heterocycles. The summed E-state index contributed by atoms with van der Waals surface area (Å²) < 4.78 is 1.88. The van der Waals surface area contributed by atoms with E-state index in [2.05, 4.69) is 39.8 Å². The van der Waals surface area contributed by atoms with Crippen LogP contribution in [-0.4, -0.2) is 27.0 Å². The SMILES string of the molecule is Cc1cccc(-c2nc3scc(CCNC(=O)c4ccc(C)c(C)c4)n3n2)c1. The number of nitrogens with zero attached hydrogens (tertiary/aromatic N) is 3. The molecule has 0 spiro atoms. The molecule has 1 N–H and O–H groups in total. The summed E-state index contributed by atoms with van der Waals surface area (Å²) in [6.07, 6.45) is 0.702. The van der Waals surface area contributed by atoms with Crippen LogP contribution in [0.25, 0.3) is 16.3 Å². The molecule has 0 radical (unpaired) electrons.